The Kier molecular flexibility index (Phi) is 3.84. The van der Waals surface area contributed by atoms with Crippen molar-refractivity contribution >= 4 is 5.91 Å². The van der Waals surface area contributed by atoms with E-state index in [0.717, 1.165) is 0 Å². The summed E-state index contributed by atoms with van der Waals surface area (Å²) >= 11 is 0. The molecule has 0 radical (unpaired) electrons. The van der Waals surface area contributed by atoms with Crippen molar-refractivity contribution in [2.75, 3.05) is 0 Å². The van der Waals surface area contributed by atoms with E-state index in [0.29, 0.717) is 5.69 Å². The molecule has 0 bridgehead atoms. The molecule has 2 aromatic rings. The molecular formula is C14H11F3N2O2. The topological polar surface area (TPSA) is 65.2 Å². The summed E-state index contributed by atoms with van der Waals surface area (Å²) in [6.07, 6.45) is -3.44. The van der Waals surface area contributed by atoms with Gasteiger partial charge < -0.3 is 10.5 Å². The summed E-state index contributed by atoms with van der Waals surface area (Å²) in [6, 6.07) is 6.96. The zero-order valence-electron chi connectivity index (χ0n) is 10.9. The Morgan fingerprint density at radius 1 is 1.19 bits per heavy atom. The standard InChI is InChI=1S/C14H11F3N2O2/c1-8-12(13(18)20)10(6-7-19-8)9-4-2-3-5-11(9)21-14(15,16)17/h2-7H,1H3,(H2,18,20). The van der Waals surface area contributed by atoms with Crippen LogP contribution in [0.15, 0.2) is 36.5 Å². The quantitative estimate of drug-likeness (QED) is 0.946. The van der Waals surface area contributed by atoms with Crippen LogP contribution in [-0.4, -0.2) is 17.3 Å². The number of primary amides is 1. The van der Waals surface area contributed by atoms with Crippen molar-refractivity contribution in [1.29, 1.82) is 0 Å². The number of hydrogen-bond acceptors (Lipinski definition) is 3. The zero-order chi connectivity index (χ0) is 15.6. The Morgan fingerprint density at radius 3 is 2.48 bits per heavy atom. The van der Waals surface area contributed by atoms with Crippen LogP contribution in [0, 0.1) is 6.92 Å². The summed E-state index contributed by atoms with van der Waals surface area (Å²) in [7, 11) is 0. The van der Waals surface area contributed by atoms with Crippen LogP contribution in [0.25, 0.3) is 11.1 Å². The Balaban J connectivity index is 2.63. The van der Waals surface area contributed by atoms with Crippen molar-refractivity contribution in [3.05, 3.63) is 47.8 Å². The average molecular weight is 296 g/mol. The lowest BCUT2D eigenvalue weighted by Crippen LogP contribution is -2.18. The van der Waals surface area contributed by atoms with Gasteiger partial charge in [0.15, 0.2) is 0 Å². The second-order valence-corrected chi connectivity index (χ2v) is 4.23. The molecule has 1 heterocycles. The van der Waals surface area contributed by atoms with Gasteiger partial charge in [0, 0.05) is 17.3 Å². The number of aryl methyl sites for hydroxylation is 1. The summed E-state index contributed by atoms with van der Waals surface area (Å²) < 4.78 is 41.3. The predicted molar refractivity (Wildman–Crippen MR) is 69.6 cm³/mol. The van der Waals surface area contributed by atoms with Gasteiger partial charge in [-0.1, -0.05) is 18.2 Å². The van der Waals surface area contributed by atoms with Gasteiger partial charge in [0.05, 0.1) is 11.3 Å². The van der Waals surface area contributed by atoms with Crippen LogP contribution in [0.4, 0.5) is 13.2 Å². The molecule has 0 saturated heterocycles. The first-order chi connectivity index (χ1) is 9.79. The first-order valence-corrected chi connectivity index (χ1v) is 5.90. The van der Waals surface area contributed by atoms with Crippen molar-refractivity contribution in [3.63, 3.8) is 0 Å². The van der Waals surface area contributed by atoms with Crippen molar-refractivity contribution in [1.82, 2.24) is 4.98 Å². The average Bonchev–Trinajstić information content (AvgIpc) is 2.36. The lowest BCUT2D eigenvalue weighted by molar-refractivity contribution is -0.274. The van der Waals surface area contributed by atoms with E-state index in [4.69, 9.17) is 5.73 Å². The minimum Gasteiger partial charge on any atom is -0.405 e. The number of nitrogens with zero attached hydrogens (tertiary/aromatic N) is 1. The van der Waals surface area contributed by atoms with E-state index in [1.807, 2.05) is 0 Å². The number of rotatable bonds is 3. The number of alkyl halides is 3. The fraction of sp³-hybridized carbons (Fsp3) is 0.143. The molecule has 1 aromatic heterocycles. The summed E-state index contributed by atoms with van der Waals surface area (Å²) in [6.45, 7) is 1.55. The number of carbonyl (C=O) groups is 1. The number of halogens is 3. The van der Waals surface area contributed by atoms with Gasteiger partial charge in [-0.3, -0.25) is 9.78 Å². The van der Waals surface area contributed by atoms with Crippen LogP contribution < -0.4 is 10.5 Å². The van der Waals surface area contributed by atoms with Crippen LogP contribution in [0.1, 0.15) is 16.1 Å². The van der Waals surface area contributed by atoms with Crippen molar-refractivity contribution in [3.8, 4) is 16.9 Å². The van der Waals surface area contributed by atoms with E-state index < -0.39 is 18.0 Å². The predicted octanol–water partition coefficient (Wildman–Crippen LogP) is 3.05. The monoisotopic (exact) mass is 296 g/mol. The van der Waals surface area contributed by atoms with Gasteiger partial charge in [0.1, 0.15) is 5.75 Å². The summed E-state index contributed by atoms with van der Waals surface area (Å²) in [4.78, 5) is 15.5. The van der Waals surface area contributed by atoms with Gasteiger partial charge in [0.25, 0.3) is 5.91 Å². The lowest BCUT2D eigenvalue weighted by atomic mass is 9.98. The fourth-order valence-corrected chi connectivity index (χ4v) is 2.00. The number of ether oxygens (including phenoxy) is 1. The molecule has 2 N–H and O–H groups in total. The van der Waals surface area contributed by atoms with Crippen LogP contribution >= 0.6 is 0 Å². The molecule has 2 rings (SSSR count). The minimum atomic E-state index is -4.83. The van der Waals surface area contributed by atoms with Gasteiger partial charge in [-0.15, -0.1) is 13.2 Å². The first-order valence-electron chi connectivity index (χ1n) is 5.90. The van der Waals surface area contributed by atoms with E-state index in [9.17, 15) is 18.0 Å². The smallest absolute Gasteiger partial charge is 0.405 e. The van der Waals surface area contributed by atoms with E-state index in [1.54, 1.807) is 13.0 Å². The third-order valence-electron chi connectivity index (χ3n) is 2.79. The molecule has 4 nitrogen and oxygen atoms in total. The van der Waals surface area contributed by atoms with Gasteiger partial charge in [-0.2, -0.15) is 0 Å². The third-order valence-corrected chi connectivity index (χ3v) is 2.79. The number of benzene rings is 1. The molecular weight excluding hydrogens is 285 g/mol. The Morgan fingerprint density at radius 2 is 1.86 bits per heavy atom. The van der Waals surface area contributed by atoms with E-state index >= 15 is 0 Å². The number of carbonyl (C=O) groups excluding carboxylic acids is 1. The van der Waals surface area contributed by atoms with Crippen LogP contribution in [0.2, 0.25) is 0 Å². The highest BCUT2D eigenvalue weighted by Gasteiger charge is 2.32. The van der Waals surface area contributed by atoms with Crippen LogP contribution in [0.3, 0.4) is 0 Å². The SMILES string of the molecule is Cc1nccc(-c2ccccc2OC(F)(F)F)c1C(N)=O. The Hall–Kier alpha value is -2.57. The van der Waals surface area contributed by atoms with E-state index in [-0.39, 0.29) is 16.7 Å². The molecule has 21 heavy (non-hydrogen) atoms. The van der Waals surface area contributed by atoms with E-state index in [2.05, 4.69) is 9.72 Å². The first kappa shape index (κ1) is 14.8. The second-order valence-electron chi connectivity index (χ2n) is 4.23. The molecule has 0 aliphatic heterocycles. The normalized spacial score (nSPS) is 11.2. The highest BCUT2D eigenvalue weighted by atomic mass is 19.4. The molecule has 0 aliphatic rings. The number of para-hydroxylation sites is 1. The Labute approximate surface area is 118 Å². The summed E-state index contributed by atoms with van der Waals surface area (Å²) in [5.74, 6) is -1.17. The third kappa shape index (κ3) is 3.31. The van der Waals surface area contributed by atoms with Gasteiger partial charge in [-0.25, -0.2) is 0 Å². The molecule has 0 spiro atoms. The maximum absolute atomic E-state index is 12.4. The van der Waals surface area contributed by atoms with Crippen molar-refractivity contribution < 1.29 is 22.7 Å². The molecule has 1 aromatic carbocycles. The molecule has 0 aliphatic carbocycles. The van der Waals surface area contributed by atoms with Crippen molar-refractivity contribution in [2.24, 2.45) is 5.73 Å². The Bertz CT molecular complexity index is 684. The van der Waals surface area contributed by atoms with Crippen molar-refractivity contribution in [2.45, 2.75) is 13.3 Å². The molecule has 0 fully saturated rings. The number of aromatic nitrogens is 1. The highest BCUT2D eigenvalue weighted by Crippen LogP contribution is 2.35. The van der Waals surface area contributed by atoms with Crippen LogP contribution in [-0.2, 0) is 0 Å². The highest BCUT2D eigenvalue weighted by molar-refractivity contribution is 6.01. The number of pyridine rings is 1. The maximum Gasteiger partial charge on any atom is 0.573 e. The number of amides is 1. The van der Waals surface area contributed by atoms with Crippen LogP contribution in [0.5, 0.6) is 5.75 Å². The minimum absolute atomic E-state index is 0.0655. The summed E-state index contributed by atoms with van der Waals surface area (Å²) in [5, 5.41) is 0. The number of nitrogens with two attached hydrogens (primary N) is 1. The second kappa shape index (κ2) is 5.43. The molecule has 1 amide bonds. The molecule has 0 saturated carbocycles. The van der Waals surface area contributed by atoms with Gasteiger partial charge in [-0.05, 0) is 19.1 Å². The molecule has 110 valence electrons. The van der Waals surface area contributed by atoms with Gasteiger partial charge in [0.2, 0.25) is 0 Å². The van der Waals surface area contributed by atoms with E-state index in [1.165, 1.54) is 30.5 Å². The number of hydrogen-bond donors (Lipinski definition) is 1. The molecule has 7 heteroatoms. The maximum atomic E-state index is 12.4. The van der Waals surface area contributed by atoms with Gasteiger partial charge >= 0.3 is 6.36 Å². The lowest BCUT2D eigenvalue weighted by Gasteiger charge is -2.15. The molecule has 0 unspecified atom stereocenters. The summed E-state index contributed by atoms with van der Waals surface area (Å²) in [5.41, 5.74) is 6.05. The fourth-order valence-electron chi connectivity index (χ4n) is 2.00. The largest absolute Gasteiger partial charge is 0.573 e. The zero-order valence-corrected chi connectivity index (χ0v) is 10.9. The molecule has 0 atom stereocenters.